The number of hydrogen-bond donors (Lipinski definition) is 0. The first-order valence-electron chi connectivity index (χ1n) is 10.6. The van der Waals surface area contributed by atoms with E-state index in [0.717, 1.165) is 18.4 Å². The van der Waals surface area contributed by atoms with Gasteiger partial charge in [-0.05, 0) is 56.2 Å². The summed E-state index contributed by atoms with van der Waals surface area (Å²) in [6.45, 7) is 3.06. The third-order valence-electron chi connectivity index (χ3n) is 5.98. The zero-order chi connectivity index (χ0) is 22.2. The number of rotatable bonds is 4. The van der Waals surface area contributed by atoms with Gasteiger partial charge in [-0.2, -0.15) is 5.10 Å². The van der Waals surface area contributed by atoms with E-state index in [-0.39, 0.29) is 17.6 Å². The first-order chi connectivity index (χ1) is 15.5. The van der Waals surface area contributed by atoms with Crippen LogP contribution in [0.3, 0.4) is 0 Å². The van der Waals surface area contributed by atoms with Crippen molar-refractivity contribution in [1.29, 1.82) is 0 Å². The Hall–Kier alpha value is -3.68. The van der Waals surface area contributed by atoms with E-state index in [2.05, 4.69) is 5.10 Å². The highest BCUT2D eigenvalue weighted by Crippen LogP contribution is 2.31. The van der Waals surface area contributed by atoms with Gasteiger partial charge in [-0.3, -0.25) is 4.79 Å². The quantitative estimate of drug-likeness (QED) is 0.474. The van der Waals surface area contributed by atoms with Crippen LogP contribution in [-0.2, 0) is 0 Å². The first kappa shape index (κ1) is 20.2. The molecule has 8 heteroatoms. The molecule has 0 radical (unpaired) electrons. The lowest BCUT2D eigenvalue weighted by molar-refractivity contribution is 0.0703. The minimum Gasteiger partial charge on any atom is -0.496 e. The number of pyridine rings is 1. The van der Waals surface area contributed by atoms with Crippen LogP contribution < -0.4 is 4.74 Å². The van der Waals surface area contributed by atoms with Crippen LogP contribution in [0.25, 0.3) is 16.8 Å². The molecule has 1 amide bonds. The number of fused-ring (bicyclic) bond motifs is 1. The number of likely N-dealkylation sites (tertiary alicyclic amines) is 1. The number of piperidine rings is 1. The highest BCUT2D eigenvalue weighted by atomic mass is 19.1. The number of carbonyl (C=O) groups is 1. The standard InChI is InChI=1S/C24H23FN4O3/c1-15-19(9-11-32-15)24(30)28-10-3-4-17(13-28)23-26-22-8-5-16(14-29(22)27-23)20-12-18(25)6-7-21(20)31-2/h5-9,11-12,14,17H,3-4,10,13H2,1-2H3/t17-/m1/s1. The van der Waals surface area contributed by atoms with Crippen LogP contribution in [-0.4, -0.2) is 45.6 Å². The maximum Gasteiger partial charge on any atom is 0.257 e. The molecular weight excluding hydrogens is 411 g/mol. The highest BCUT2D eigenvalue weighted by molar-refractivity contribution is 5.95. The van der Waals surface area contributed by atoms with Crippen molar-refractivity contribution in [3.63, 3.8) is 0 Å². The summed E-state index contributed by atoms with van der Waals surface area (Å²) in [6, 6.07) is 9.87. The molecule has 32 heavy (non-hydrogen) atoms. The van der Waals surface area contributed by atoms with E-state index in [1.165, 1.54) is 12.1 Å². The summed E-state index contributed by atoms with van der Waals surface area (Å²) in [5.41, 5.74) is 2.73. The Bertz CT molecular complexity index is 1300. The number of aromatic nitrogens is 3. The molecule has 164 valence electrons. The highest BCUT2D eigenvalue weighted by Gasteiger charge is 2.29. The number of halogens is 1. The fourth-order valence-electron chi connectivity index (χ4n) is 4.29. The third kappa shape index (κ3) is 3.62. The molecule has 4 heterocycles. The Morgan fingerprint density at radius 1 is 1.25 bits per heavy atom. The molecular formula is C24H23FN4O3. The van der Waals surface area contributed by atoms with Gasteiger partial charge >= 0.3 is 0 Å². The van der Waals surface area contributed by atoms with E-state index in [1.54, 1.807) is 36.9 Å². The number of carbonyl (C=O) groups excluding carboxylic acids is 1. The van der Waals surface area contributed by atoms with Crippen LogP contribution in [0.2, 0.25) is 0 Å². The first-order valence-corrected chi connectivity index (χ1v) is 10.6. The molecule has 0 spiro atoms. The third-order valence-corrected chi connectivity index (χ3v) is 5.98. The van der Waals surface area contributed by atoms with Gasteiger partial charge in [-0.1, -0.05) is 0 Å². The van der Waals surface area contributed by atoms with Gasteiger partial charge in [0.2, 0.25) is 0 Å². The summed E-state index contributed by atoms with van der Waals surface area (Å²) in [5.74, 6) is 1.61. The van der Waals surface area contributed by atoms with Gasteiger partial charge in [0.1, 0.15) is 17.3 Å². The SMILES string of the molecule is COc1ccc(F)cc1-c1ccc2nc([C@@H]3CCCN(C(=O)c4ccoc4C)C3)nn2c1. The van der Waals surface area contributed by atoms with Crippen molar-refractivity contribution in [3.8, 4) is 16.9 Å². The van der Waals surface area contributed by atoms with Gasteiger partial charge in [0.15, 0.2) is 11.5 Å². The van der Waals surface area contributed by atoms with Crippen LogP contribution in [0.15, 0.2) is 53.3 Å². The number of nitrogens with zero attached hydrogens (tertiary/aromatic N) is 4. The minimum atomic E-state index is -0.333. The Kier molecular flexibility index (Phi) is 5.13. The molecule has 1 aliphatic rings. The largest absolute Gasteiger partial charge is 0.496 e. The van der Waals surface area contributed by atoms with Crippen LogP contribution in [0, 0.1) is 12.7 Å². The number of hydrogen-bond acceptors (Lipinski definition) is 5. The van der Waals surface area contributed by atoms with Crippen LogP contribution in [0.5, 0.6) is 5.75 Å². The Morgan fingerprint density at radius 2 is 2.12 bits per heavy atom. The summed E-state index contributed by atoms with van der Waals surface area (Å²) in [6.07, 6.45) is 5.16. The van der Waals surface area contributed by atoms with Gasteiger partial charge in [0, 0.05) is 36.3 Å². The predicted octanol–water partition coefficient (Wildman–Crippen LogP) is 4.47. The summed E-state index contributed by atoms with van der Waals surface area (Å²) in [4.78, 5) is 19.4. The average Bonchev–Trinajstić information content (AvgIpc) is 3.44. The van der Waals surface area contributed by atoms with Crippen molar-refractivity contribution in [2.75, 3.05) is 20.2 Å². The number of furan rings is 1. The topological polar surface area (TPSA) is 72.9 Å². The molecule has 0 N–H and O–H groups in total. The van der Waals surface area contributed by atoms with E-state index in [4.69, 9.17) is 14.1 Å². The number of ether oxygens (including phenoxy) is 1. The number of benzene rings is 1. The van der Waals surface area contributed by atoms with Crippen LogP contribution in [0.4, 0.5) is 4.39 Å². The van der Waals surface area contributed by atoms with Crippen molar-refractivity contribution >= 4 is 11.6 Å². The zero-order valence-electron chi connectivity index (χ0n) is 17.9. The molecule has 0 aliphatic carbocycles. The van der Waals surface area contributed by atoms with Gasteiger partial charge in [-0.15, -0.1) is 0 Å². The van der Waals surface area contributed by atoms with Crippen molar-refractivity contribution in [2.24, 2.45) is 0 Å². The normalized spacial score (nSPS) is 16.5. The molecule has 1 atom stereocenters. The maximum atomic E-state index is 13.8. The molecule has 1 saturated heterocycles. The molecule has 0 bridgehead atoms. The lowest BCUT2D eigenvalue weighted by Crippen LogP contribution is -2.39. The van der Waals surface area contributed by atoms with Crippen molar-refractivity contribution in [2.45, 2.75) is 25.7 Å². The minimum absolute atomic E-state index is 0.0230. The summed E-state index contributed by atoms with van der Waals surface area (Å²) >= 11 is 0. The molecule has 1 aliphatic heterocycles. The van der Waals surface area contributed by atoms with Gasteiger partial charge in [0.05, 0.1) is 18.9 Å². The number of methoxy groups -OCH3 is 1. The molecule has 1 aromatic carbocycles. The van der Waals surface area contributed by atoms with Crippen molar-refractivity contribution in [3.05, 3.63) is 71.8 Å². The lowest BCUT2D eigenvalue weighted by Gasteiger charge is -2.31. The second kappa shape index (κ2) is 8.11. The fraction of sp³-hybridized carbons (Fsp3) is 0.292. The van der Waals surface area contributed by atoms with E-state index in [0.29, 0.717) is 47.2 Å². The molecule has 0 unspecified atom stereocenters. The number of aryl methyl sites for hydroxylation is 1. The van der Waals surface area contributed by atoms with Gasteiger partial charge in [0.25, 0.3) is 5.91 Å². The molecule has 4 aromatic rings. The second-order valence-corrected chi connectivity index (χ2v) is 8.02. The summed E-state index contributed by atoms with van der Waals surface area (Å²) in [5, 5.41) is 4.69. The summed E-state index contributed by atoms with van der Waals surface area (Å²) < 4.78 is 26.2. The zero-order valence-corrected chi connectivity index (χ0v) is 17.9. The second-order valence-electron chi connectivity index (χ2n) is 8.02. The van der Waals surface area contributed by atoms with Gasteiger partial charge < -0.3 is 14.1 Å². The molecule has 7 nitrogen and oxygen atoms in total. The number of amides is 1. The smallest absolute Gasteiger partial charge is 0.257 e. The van der Waals surface area contributed by atoms with E-state index < -0.39 is 0 Å². The van der Waals surface area contributed by atoms with Crippen molar-refractivity contribution in [1.82, 2.24) is 19.5 Å². The van der Waals surface area contributed by atoms with E-state index in [1.807, 2.05) is 23.2 Å². The fourth-order valence-corrected chi connectivity index (χ4v) is 4.29. The van der Waals surface area contributed by atoms with E-state index >= 15 is 0 Å². The summed E-state index contributed by atoms with van der Waals surface area (Å²) in [7, 11) is 1.56. The molecule has 1 fully saturated rings. The molecule has 0 saturated carbocycles. The predicted molar refractivity (Wildman–Crippen MR) is 116 cm³/mol. The lowest BCUT2D eigenvalue weighted by atomic mass is 9.97. The Morgan fingerprint density at radius 3 is 2.91 bits per heavy atom. The Labute approximate surface area is 184 Å². The molecule has 3 aromatic heterocycles. The van der Waals surface area contributed by atoms with Gasteiger partial charge in [-0.25, -0.2) is 13.9 Å². The van der Waals surface area contributed by atoms with Crippen molar-refractivity contribution < 1.29 is 18.3 Å². The maximum absolute atomic E-state index is 13.8. The van der Waals surface area contributed by atoms with Crippen LogP contribution in [0.1, 0.15) is 40.7 Å². The van der Waals surface area contributed by atoms with Crippen LogP contribution >= 0.6 is 0 Å². The average molecular weight is 434 g/mol. The molecule has 5 rings (SSSR count). The van der Waals surface area contributed by atoms with E-state index in [9.17, 15) is 9.18 Å². The monoisotopic (exact) mass is 434 g/mol. The Balaban J connectivity index is 1.42.